The van der Waals surface area contributed by atoms with E-state index in [1.807, 2.05) is 36.4 Å². The number of hydrogen-bond donors (Lipinski definition) is 1. The number of nitrogens with zero attached hydrogens (tertiary/aromatic N) is 1. The molecule has 3 aromatic carbocycles. The van der Waals surface area contributed by atoms with Crippen molar-refractivity contribution in [3.8, 4) is 0 Å². The topological polar surface area (TPSA) is 98.5 Å². The van der Waals surface area contributed by atoms with E-state index in [2.05, 4.69) is 5.32 Å². The predicted molar refractivity (Wildman–Crippen MR) is 106 cm³/mol. The van der Waals surface area contributed by atoms with Crippen molar-refractivity contribution in [1.29, 1.82) is 0 Å². The molecule has 0 radical (unpaired) electrons. The van der Waals surface area contributed by atoms with Crippen molar-refractivity contribution < 1.29 is 19.2 Å². The Morgan fingerprint density at radius 1 is 1.07 bits per heavy atom. The lowest BCUT2D eigenvalue weighted by molar-refractivity contribution is -0.384. The molecule has 0 aliphatic carbocycles. The second-order valence-corrected chi connectivity index (χ2v) is 6.43. The van der Waals surface area contributed by atoms with Gasteiger partial charge in [0.15, 0.2) is 6.10 Å². The van der Waals surface area contributed by atoms with Crippen molar-refractivity contribution in [3.05, 3.63) is 81.4 Å². The molecule has 0 saturated heterocycles. The molecule has 0 heterocycles. The molecular weight excluding hydrogens is 384 g/mol. The number of carbonyl (C=O) groups excluding carboxylic acids is 2. The maximum absolute atomic E-state index is 12.3. The van der Waals surface area contributed by atoms with Crippen LogP contribution in [-0.2, 0) is 9.53 Å². The number of nitro benzene ring substituents is 1. The first-order valence-electron chi connectivity index (χ1n) is 8.30. The molecule has 3 aromatic rings. The summed E-state index contributed by atoms with van der Waals surface area (Å²) >= 11 is 5.73. The third kappa shape index (κ3) is 4.27. The Morgan fingerprint density at radius 2 is 1.79 bits per heavy atom. The fourth-order valence-electron chi connectivity index (χ4n) is 2.57. The van der Waals surface area contributed by atoms with Crippen molar-refractivity contribution in [3.63, 3.8) is 0 Å². The molecule has 0 aliphatic heterocycles. The van der Waals surface area contributed by atoms with Crippen LogP contribution in [-0.4, -0.2) is 22.9 Å². The van der Waals surface area contributed by atoms with Crippen LogP contribution in [0.3, 0.4) is 0 Å². The van der Waals surface area contributed by atoms with E-state index in [1.54, 1.807) is 6.07 Å². The molecule has 0 aliphatic rings. The first-order valence-corrected chi connectivity index (χ1v) is 8.67. The number of carbonyl (C=O) groups is 2. The highest BCUT2D eigenvalue weighted by atomic mass is 35.5. The van der Waals surface area contributed by atoms with E-state index in [0.29, 0.717) is 5.69 Å². The van der Waals surface area contributed by atoms with E-state index in [9.17, 15) is 19.7 Å². The Labute approximate surface area is 165 Å². The van der Waals surface area contributed by atoms with Crippen molar-refractivity contribution in [2.45, 2.75) is 13.0 Å². The van der Waals surface area contributed by atoms with Crippen molar-refractivity contribution in [1.82, 2.24) is 0 Å². The first-order chi connectivity index (χ1) is 13.3. The number of rotatable bonds is 5. The monoisotopic (exact) mass is 398 g/mol. The number of halogens is 1. The summed E-state index contributed by atoms with van der Waals surface area (Å²) in [5.41, 5.74) is 0.0829. The largest absolute Gasteiger partial charge is 0.449 e. The summed E-state index contributed by atoms with van der Waals surface area (Å²) < 4.78 is 5.12. The smallest absolute Gasteiger partial charge is 0.339 e. The molecular formula is C20H15ClN2O5. The maximum atomic E-state index is 12.3. The molecule has 0 bridgehead atoms. The lowest BCUT2D eigenvalue weighted by Crippen LogP contribution is -2.30. The van der Waals surface area contributed by atoms with E-state index in [0.717, 1.165) is 16.8 Å². The fourth-order valence-corrected chi connectivity index (χ4v) is 2.76. The summed E-state index contributed by atoms with van der Waals surface area (Å²) in [5, 5.41) is 15.5. The van der Waals surface area contributed by atoms with Crippen molar-refractivity contribution >= 4 is 45.6 Å². The summed E-state index contributed by atoms with van der Waals surface area (Å²) in [6.07, 6.45) is -1.10. The Balaban J connectivity index is 1.68. The standard InChI is InChI=1S/C20H15ClN2O5/c1-12(28-20(25)15-7-9-17(21)18(11-15)23(26)27)19(24)22-16-8-6-13-4-2-3-5-14(13)10-16/h2-12H,1H3,(H,22,24). The van der Waals surface area contributed by atoms with E-state index in [4.69, 9.17) is 16.3 Å². The van der Waals surface area contributed by atoms with Gasteiger partial charge in [0.1, 0.15) is 5.02 Å². The van der Waals surface area contributed by atoms with Gasteiger partial charge in [0.05, 0.1) is 10.5 Å². The van der Waals surface area contributed by atoms with Gasteiger partial charge in [0, 0.05) is 11.8 Å². The van der Waals surface area contributed by atoms with Gasteiger partial charge in [-0.1, -0.05) is 41.9 Å². The van der Waals surface area contributed by atoms with E-state index >= 15 is 0 Å². The second-order valence-electron chi connectivity index (χ2n) is 6.02. The zero-order valence-electron chi connectivity index (χ0n) is 14.7. The van der Waals surface area contributed by atoms with E-state index < -0.39 is 28.6 Å². The SMILES string of the molecule is CC(OC(=O)c1ccc(Cl)c([N+](=O)[O-])c1)C(=O)Nc1ccc2ccccc2c1. The number of fused-ring (bicyclic) bond motifs is 1. The minimum atomic E-state index is -1.10. The highest BCUT2D eigenvalue weighted by Crippen LogP contribution is 2.25. The number of hydrogen-bond acceptors (Lipinski definition) is 5. The van der Waals surface area contributed by atoms with E-state index in [-0.39, 0.29) is 10.6 Å². The number of ether oxygens (including phenoxy) is 1. The zero-order chi connectivity index (χ0) is 20.3. The summed E-state index contributed by atoms with van der Waals surface area (Å²) in [4.78, 5) is 34.8. The highest BCUT2D eigenvalue weighted by molar-refractivity contribution is 6.32. The highest BCUT2D eigenvalue weighted by Gasteiger charge is 2.22. The molecule has 7 nitrogen and oxygen atoms in total. The Morgan fingerprint density at radius 3 is 2.50 bits per heavy atom. The van der Waals surface area contributed by atoms with Crippen LogP contribution in [0, 0.1) is 10.1 Å². The number of nitrogens with one attached hydrogen (secondary N) is 1. The fraction of sp³-hybridized carbons (Fsp3) is 0.100. The van der Waals surface area contributed by atoms with E-state index in [1.165, 1.54) is 19.1 Å². The Hall–Kier alpha value is -3.45. The molecule has 0 saturated carbocycles. The third-order valence-electron chi connectivity index (χ3n) is 4.05. The maximum Gasteiger partial charge on any atom is 0.339 e. The molecule has 3 rings (SSSR count). The van der Waals surface area contributed by atoms with Crippen LogP contribution in [0.25, 0.3) is 10.8 Å². The number of amides is 1. The molecule has 1 N–H and O–H groups in total. The molecule has 142 valence electrons. The first kappa shape index (κ1) is 19.3. The molecule has 0 spiro atoms. The second kappa shape index (κ2) is 8.06. The van der Waals surface area contributed by atoms with Crippen molar-refractivity contribution in [2.75, 3.05) is 5.32 Å². The average molecular weight is 399 g/mol. The summed E-state index contributed by atoms with van der Waals surface area (Å²) in [5.74, 6) is -1.38. The van der Waals surface area contributed by atoms with Gasteiger partial charge in [-0.15, -0.1) is 0 Å². The molecule has 0 aromatic heterocycles. The van der Waals surface area contributed by atoms with Gasteiger partial charge in [-0.05, 0) is 42.0 Å². The van der Waals surface area contributed by atoms with Gasteiger partial charge in [0.25, 0.3) is 11.6 Å². The molecule has 28 heavy (non-hydrogen) atoms. The Kier molecular flexibility index (Phi) is 5.56. The number of benzene rings is 3. The molecule has 0 fully saturated rings. The normalized spacial score (nSPS) is 11.6. The minimum absolute atomic E-state index is 0.0681. The van der Waals surface area contributed by atoms with Crippen LogP contribution >= 0.6 is 11.6 Å². The van der Waals surface area contributed by atoms with Crippen LogP contribution in [0.2, 0.25) is 5.02 Å². The lowest BCUT2D eigenvalue weighted by atomic mass is 10.1. The molecule has 1 unspecified atom stereocenters. The molecule has 1 atom stereocenters. The van der Waals surface area contributed by atoms with Gasteiger partial charge >= 0.3 is 5.97 Å². The van der Waals surface area contributed by atoms with Gasteiger partial charge in [0.2, 0.25) is 0 Å². The lowest BCUT2D eigenvalue weighted by Gasteiger charge is -2.14. The van der Waals surface area contributed by atoms with Crippen LogP contribution in [0.4, 0.5) is 11.4 Å². The van der Waals surface area contributed by atoms with Crippen LogP contribution in [0.1, 0.15) is 17.3 Å². The van der Waals surface area contributed by atoms with Crippen molar-refractivity contribution in [2.24, 2.45) is 0 Å². The third-order valence-corrected chi connectivity index (χ3v) is 4.37. The zero-order valence-corrected chi connectivity index (χ0v) is 15.5. The minimum Gasteiger partial charge on any atom is -0.449 e. The van der Waals surface area contributed by atoms with Crippen LogP contribution < -0.4 is 5.32 Å². The Bertz CT molecular complexity index is 1080. The van der Waals surface area contributed by atoms with Crippen LogP contribution in [0.15, 0.2) is 60.7 Å². The van der Waals surface area contributed by atoms with Crippen LogP contribution in [0.5, 0.6) is 0 Å². The summed E-state index contributed by atoms with van der Waals surface area (Å²) in [6, 6.07) is 16.7. The van der Waals surface area contributed by atoms with Gasteiger partial charge in [-0.25, -0.2) is 4.79 Å². The van der Waals surface area contributed by atoms with Gasteiger partial charge in [-0.3, -0.25) is 14.9 Å². The predicted octanol–water partition coefficient (Wildman–Crippen LogP) is 4.59. The number of anilines is 1. The average Bonchev–Trinajstić information content (AvgIpc) is 2.67. The van der Waals surface area contributed by atoms with Gasteiger partial charge < -0.3 is 10.1 Å². The summed E-state index contributed by atoms with van der Waals surface area (Å²) in [6.45, 7) is 1.42. The number of nitro groups is 1. The molecule has 1 amide bonds. The van der Waals surface area contributed by atoms with Gasteiger partial charge in [-0.2, -0.15) is 0 Å². The quantitative estimate of drug-likeness (QED) is 0.385. The molecule has 8 heteroatoms. The number of esters is 1. The summed E-state index contributed by atoms with van der Waals surface area (Å²) in [7, 11) is 0.